The zero-order valence-electron chi connectivity index (χ0n) is 21.2. The minimum atomic E-state index is -2.93. The number of aromatic amines is 1. The first kappa shape index (κ1) is 26.3. The van der Waals surface area contributed by atoms with E-state index in [1.807, 2.05) is 0 Å². The Kier molecular flexibility index (Phi) is 6.91. The number of epoxide rings is 1. The first-order valence-electron chi connectivity index (χ1n) is 12.1. The molecule has 4 rings (SSSR count). The van der Waals surface area contributed by atoms with Crippen molar-refractivity contribution in [1.29, 1.82) is 0 Å². The molecule has 3 saturated heterocycles. The molecule has 3 fully saturated rings. The zero-order chi connectivity index (χ0) is 25.2. The lowest BCUT2D eigenvalue weighted by Gasteiger charge is -2.51. The highest BCUT2D eigenvalue weighted by Crippen LogP contribution is 2.60. The molecule has 0 aliphatic carbocycles. The SMILES string of the molecule is CC(C)[Si]1(C(C)C)OC[C@H]2O[C@@H](n3ccc(=O)[nH]c3=O)[C@@]3(OC3Cl)C2O[Si](C(C)C)(C(C)C)O1. The molecule has 1 spiro atoms. The Morgan fingerprint density at radius 2 is 1.59 bits per heavy atom. The second-order valence-corrected chi connectivity index (χ2v) is 20.1. The normalized spacial score (nSPS) is 34.6. The van der Waals surface area contributed by atoms with Crippen LogP contribution in [0.2, 0.25) is 22.2 Å². The van der Waals surface area contributed by atoms with E-state index in [-0.39, 0.29) is 28.8 Å². The second-order valence-electron chi connectivity index (χ2n) is 10.8. The van der Waals surface area contributed by atoms with Gasteiger partial charge in [0.1, 0.15) is 12.2 Å². The van der Waals surface area contributed by atoms with Gasteiger partial charge in [0, 0.05) is 12.3 Å². The molecule has 1 aromatic heterocycles. The fourth-order valence-corrected chi connectivity index (χ4v) is 17.2. The summed E-state index contributed by atoms with van der Waals surface area (Å²) < 4.78 is 34.8. The third-order valence-electron chi connectivity index (χ3n) is 7.50. The molecule has 12 heteroatoms. The van der Waals surface area contributed by atoms with Gasteiger partial charge in [-0.15, -0.1) is 0 Å². The van der Waals surface area contributed by atoms with Gasteiger partial charge in [-0.1, -0.05) is 67.0 Å². The van der Waals surface area contributed by atoms with E-state index < -0.39 is 58.0 Å². The van der Waals surface area contributed by atoms with Crippen molar-refractivity contribution in [1.82, 2.24) is 9.55 Å². The minimum absolute atomic E-state index is 0.124. The van der Waals surface area contributed by atoms with Crippen LogP contribution in [0.4, 0.5) is 0 Å². The monoisotopic (exact) mass is 532 g/mol. The fourth-order valence-electron chi connectivity index (χ4n) is 5.60. The highest BCUT2D eigenvalue weighted by Gasteiger charge is 2.76. The number of nitrogens with one attached hydrogen (secondary N) is 1. The van der Waals surface area contributed by atoms with Gasteiger partial charge in [0.25, 0.3) is 5.56 Å². The van der Waals surface area contributed by atoms with Crippen LogP contribution < -0.4 is 11.2 Å². The van der Waals surface area contributed by atoms with Crippen LogP contribution in [0.5, 0.6) is 0 Å². The molecule has 0 radical (unpaired) electrons. The van der Waals surface area contributed by atoms with Crippen molar-refractivity contribution in [3.05, 3.63) is 33.1 Å². The molecular formula is C22H37ClN2O7Si2. The summed E-state index contributed by atoms with van der Waals surface area (Å²) in [5.74, 6) is 0. The summed E-state index contributed by atoms with van der Waals surface area (Å²) in [6.07, 6.45) is -0.547. The molecule has 1 aromatic rings. The molecule has 3 aliphatic rings. The van der Waals surface area contributed by atoms with Crippen LogP contribution in [-0.2, 0) is 22.4 Å². The highest BCUT2D eigenvalue weighted by molar-refractivity contribution is 6.84. The second kappa shape index (κ2) is 8.95. The Morgan fingerprint density at radius 3 is 2.06 bits per heavy atom. The molecule has 0 bridgehead atoms. The third-order valence-corrected chi connectivity index (χ3v) is 18.2. The molecule has 1 N–H and O–H groups in total. The quantitative estimate of drug-likeness (QED) is 0.350. The Labute approximate surface area is 207 Å². The summed E-state index contributed by atoms with van der Waals surface area (Å²) in [5, 5.41) is 0. The van der Waals surface area contributed by atoms with Crippen molar-refractivity contribution in [2.24, 2.45) is 0 Å². The third kappa shape index (κ3) is 3.83. The number of nitrogens with zero attached hydrogens (tertiary/aromatic N) is 1. The molecule has 4 heterocycles. The largest absolute Gasteiger partial charge is 0.414 e. The van der Waals surface area contributed by atoms with Gasteiger partial charge in [0.05, 0.1) is 6.61 Å². The van der Waals surface area contributed by atoms with E-state index in [9.17, 15) is 9.59 Å². The molecule has 192 valence electrons. The van der Waals surface area contributed by atoms with Gasteiger partial charge in [-0.05, 0) is 22.2 Å². The summed E-state index contributed by atoms with van der Waals surface area (Å²) in [4.78, 5) is 26.6. The summed E-state index contributed by atoms with van der Waals surface area (Å²) in [6.45, 7) is 17.4. The van der Waals surface area contributed by atoms with Gasteiger partial charge < -0.3 is 22.4 Å². The fraction of sp³-hybridized carbons (Fsp3) is 0.818. The lowest BCUT2D eigenvalue weighted by atomic mass is 10.0. The van der Waals surface area contributed by atoms with Crippen LogP contribution in [0, 0.1) is 0 Å². The van der Waals surface area contributed by atoms with E-state index in [1.54, 1.807) is 0 Å². The number of hydrogen-bond acceptors (Lipinski definition) is 7. The number of H-pyrrole nitrogens is 1. The lowest BCUT2D eigenvalue weighted by Crippen LogP contribution is -2.66. The van der Waals surface area contributed by atoms with Crippen LogP contribution in [0.25, 0.3) is 0 Å². The first-order valence-corrected chi connectivity index (χ1v) is 16.5. The molecule has 2 unspecified atom stereocenters. The van der Waals surface area contributed by atoms with Gasteiger partial charge in [-0.3, -0.25) is 14.3 Å². The Hall–Kier alpha value is -0.796. The number of halogens is 1. The predicted octanol–water partition coefficient (Wildman–Crippen LogP) is 3.72. The van der Waals surface area contributed by atoms with Crippen molar-refractivity contribution >= 4 is 28.7 Å². The van der Waals surface area contributed by atoms with Crippen LogP contribution in [0.3, 0.4) is 0 Å². The molecule has 5 atom stereocenters. The molecule has 34 heavy (non-hydrogen) atoms. The van der Waals surface area contributed by atoms with Gasteiger partial charge in [-0.2, -0.15) is 0 Å². The number of hydrogen-bond donors (Lipinski definition) is 1. The molecule has 0 aromatic carbocycles. The molecular weight excluding hydrogens is 496 g/mol. The standard InChI is InChI=1S/C22H37ClN2O7Si2/c1-12(2)33(13(3)4)28-11-16-18(31-34(32-33,14(5)6)15(7)8)22(19(23)30-22)20(29-16)25-10-9-17(26)24-21(25)27/h9-10,12-16,18-20H,11H2,1-8H3,(H,24,26,27)/t16-,18?,19?,20-,22-/m1/s1. The van der Waals surface area contributed by atoms with Crippen LogP contribution in [-0.4, -0.2) is 56.7 Å². The average Bonchev–Trinajstić information content (AvgIpc) is 3.29. The topological polar surface area (TPSA) is 104 Å². The smallest absolute Gasteiger partial charge is 0.335 e. The van der Waals surface area contributed by atoms with Crippen LogP contribution >= 0.6 is 11.6 Å². The van der Waals surface area contributed by atoms with Crippen molar-refractivity contribution in [2.75, 3.05) is 6.61 Å². The number of aromatic nitrogens is 2. The average molecular weight is 533 g/mol. The highest BCUT2D eigenvalue weighted by atomic mass is 35.5. The maximum Gasteiger partial charge on any atom is 0.335 e. The Morgan fingerprint density at radius 1 is 1.03 bits per heavy atom. The van der Waals surface area contributed by atoms with E-state index in [2.05, 4.69) is 60.4 Å². The van der Waals surface area contributed by atoms with Crippen LogP contribution in [0.1, 0.15) is 61.6 Å². The molecule has 0 amide bonds. The molecule has 3 aliphatic heterocycles. The maximum absolute atomic E-state index is 12.7. The predicted molar refractivity (Wildman–Crippen MR) is 132 cm³/mol. The van der Waals surface area contributed by atoms with Gasteiger partial charge in [-0.25, -0.2) is 4.79 Å². The van der Waals surface area contributed by atoms with E-state index in [4.69, 9.17) is 34.0 Å². The summed E-state index contributed by atoms with van der Waals surface area (Å²) in [5.41, 5.74) is -2.23. The lowest BCUT2D eigenvalue weighted by molar-refractivity contribution is -0.0578. The Bertz CT molecular complexity index is 1010. The van der Waals surface area contributed by atoms with Gasteiger partial charge in [0.15, 0.2) is 17.4 Å². The van der Waals surface area contributed by atoms with Crippen LogP contribution in [0.15, 0.2) is 21.9 Å². The van der Waals surface area contributed by atoms with Crippen molar-refractivity contribution in [3.8, 4) is 0 Å². The number of ether oxygens (including phenoxy) is 2. The number of alkyl halides is 1. The van der Waals surface area contributed by atoms with Gasteiger partial charge in [0.2, 0.25) is 0 Å². The summed E-state index contributed by atoms with van der Waals surface area (Å²) in [7, 11) is -5.66. The van der Waals surface area contributed by atoms with Gasteiger partial charge >= 0.3 is 22.8 Å². The number of fused-ring (bicyclic) bond motifs is 2. The van der Waals surface area contributed by atoms with E-state index in [0.717, 1.165) is 0 Å². The van der Waals surface area contributed by atoms with E-state index in [1.165, 1.54) is 16.8 Å². The maximum atomic E-state index is 12.7. The van der Waals surface area contributed by atoms with Crippen molar-refractivity contribution in [2.45, 2.75) is 107 Å². The molecule has 0 saturated carbocycles. The zero-order valence-corrected chi connectivity index (χ0v) is 23.9. The van der Waals surface area contributed by atoms with E-state index >= 15 is 0 Å². The summed E-state index contributed by atoms with van der Waals surface area (Å²) >= 11 is 6.57. The minimum Gasteiger partial charge on any atom is -0.414 e. The van der Waals surface area contributed by atoms with E-state index in [0.29, 0.717) is 0 Å². The summed E-state index contributed by atoms with van der Waals surface area (Å²) in [6, 6.07) is 1.28. The first-order chi connectivity index (χ1) is 15.8. The van der Waals surface area contributed by atoms with Crippen molar-refractivity contribution < 1.29 is 22.4 Å². The Balaban J connectivity index is 1.84. The molecule has 9 nitrogen and oxygen atoms in total. The number of rotatable bonds is 5. The van der Waals surface area contributed by atoms with Crippen molar-refractivity contribution in [3.63, 3.8) is 0 Å².